The smallest absolute Gasteiger partial charge is 0.328 e. The molecule has 0 atom stereocenters. The first-order chi connectivity index (χ1) is 14.6. The number of hydrogen-bond donors (Lipinski definition) is 4. The van der Waals surface area contributed by atoms with Crippen LogP contribution in [0, 0.1) is 10.1 Å². The van der Waals surface area contributed by atoms with E-state index in [-0.39, 0.29) is 29.2 Å². The Morgan fingerprint density at radius 2 is 2.00 bits per heavy atom. The lowest BCUT2D eigenvalue weighted by molar-refractivity contribution is -0.385. The summed E-state index contributed by atoms with van der Waals surface area (Å²) in [6.07, 6.45) is 2.24. The number of nitrogens with one attached hydrogen (secondary N) is 3. The molecule has 1 heterocycles. The summed E-state index contributed by atoms with van der Waals surface area (Å²) in [6.45, 7) is 3.96. The summed E-state index contributed by atoms with van der Waals surface area (Å²) in [4.78, 5) is 36.8. The lowest BCUT2D eigenvalue weighted by Crippen LogP contribution is -2.32. The number of benzene rings is 1. The molecule has 0 aliphatic heterocycles. The summed E-state index contributed by atoms with van der Waals surface area (Å²) < 4.78 is 27.4. The minimum atomic E-state index is -4.10. The molecule has 168 valence electrons. The Balaban J connectivity index is 2.48. The Bertz CT molecular complexity index is 1200. The van der Waals surface area contributed by atoms with Crippen LogP contribution < -0.4 is 16.7 Å². The van der Waals surface area contributed by atoms with Crippen molar-refractivity contribution in [2.45, 2.75) is 31.6 Å². The number of nitro groups is 1. The molecule has 0 saturated heterocycles. The molecule has 0 amide bonds. The lowest BCUT2D eigenvalue weighted by atomic mass is 10.3. The molecule has 0 radical (unpaired) electrons. The van der Waals surface area contributed by atoms with E-state index in [0.717, 1.165) is 24.8 Å². The van der Waals surface area contributed by atoms with Crippen molar-refractivity contribution in [2.75, 3.05) is 18.5 Å². The number of nitrogens with zero attached hydrogens (tertiary/aromatic N) is 3. The van der Waals surface area contributed by atoms with E-state index in [2.05, 4.69) is 10.5 Å². The molecule has 2 aromatic rings. The van der Waals surface area contributed by atoms with Gasteiger partial charge in [0.1, 0.15) is 10.5 Å². The molecule has 1 aromatic carbocycles. The molecule has 2 rings (SSSR count). The lowest BCUT2D eigenvalue weighted by Gasteiger charge is -2.21. The molecule has 4 N–H and O–H groups in total. The first kappa shape index (κ1) is 23.8. The number of non-ortho nitro benzene ring substituents is 1. The number of hydrogen-bond acceptors (Lipinski definition) is 9. The highest BCUT2D eigenvalue weighted by atomic mass is 32.2. The van der Waals surface area contributed by atoms with Crippen molar-refractivity contribution in [1.82, 2.24) is 14.3 Å². The van der Waals surface area contributed by atoms with Crippen LogP contribution in [0.4, 0.5) is 11.4 Å². The second-order valence-electron chi connectivity index (χ2n) is 6.33. The van der Waals surface area contributed by atoms with E-state index < -0.39 is 37.8 Å². The van der Waals surface area contributed by atoms with Crippen LogP contribution in [-0.4, -0.2) is 52.0 Å². The monoisotopic (exact) mass is 454 g/mol. The highest BCUT2D eigenvalue weighted by Gasteiger charge is 2.28. The van der Waals surface area contributed by atoms with Gasteiger partial charge < -0.3 is 5.11 Å². The van der Waals surface area contributed by atoms with E-state index >= 15 is 0 Å². The molecule has 31 heavy (non-hydrogen) atoms. The maximum Gasteiger partial charge on any atom is 0.328 e. The number of aromatic hydroxyl groups is 1. The molecule has 0 unspecified atom stereocenters. The molecule has 0 aliphatic rings. The van der Waals surface area contributed by atoms with Gasteiger partial charge in [0.05, 0.1) is 16.8 Å². The molecule has 0 saturated carbocycles. The van der Waals surface area contributed by atoms with E-state index in [9.17, 15) is 33.2 Å². The summed E-state index contributed by atoms with van der Waals surface area (Å²) in [5.74, 6) is -0.729. The molecular formula is C17H22N6O7S. The van der Waals surface area contributed by atoms with Crippen LogP contribution in [0.3, 0.4) is 0 Å². The van der Waals surface area contributed by atoms with E-state index in [1.165, 1.54) is 10.4 Å². The second-order valence-corrected chi connectivity index (χ2v) is 8.23. The van der Waals surface area contributed by atoms with Crippen molar-refractivity contribution >= 4 is 27.6 Å². The fourth-order valence-electron chi connectivity index (χ4n) is 2.62. The molecule has 0 fully saturated rings. The first-order valence-electron chi connectivity index (χ1n) is 9.25. The van der Waals surface area contributed by atoms with Crippen molar-refractivity contribution in [3.63, 3.8) is 0 Å². The number of unbranched alkanes of at least 4 members (excludes halogenated alkanes) is 1. The standard InChI is InChI=1S/C17H22N6O7S/c1-3-5-8-22(4-2)31(29,30)14-9-11(23(27)28)6-7-13(14)21-18-10-12-15(24)19-17(26)20-16(12)25/h6-7,9-10,21H,3-5,8H2,1-2H3,(H3,19,20,24,25,26). The number of H-pyrrole nitrogens is 2. The quantitative estimate of drug-likeness (QED) is 0.231. The van der Waals surface area contributed by atoms with Gasteiger partial charge in [0.25, 0.3) is 11.2 Å². The second kappa shape index (κ2) is 9.99. The largest absolute Gasteiger partial charge is 0.494 e. The highest BCUT2D eigenvalue weighted by molar-refractivity contribution is 7.89. The van der Waals surface area contributed by atoms with Crippen LogP contribution in [-0.2, 0) is 10.0 Å². The van der Waals surface area contributed by atoms with E-state index in [4.69, 9.17) is 0 Å². The predicted octanol–water partition coefficient (Wildman–Crippen LogP) is 0.934. The molecule has 1 aromatic heterocycles. The maximum absolute atomic E-state index is 13.1. The molecule has 0 spiro atoms. The van der Waals surface area contributed by atoms with Crippen molar-refractivity contribution in [3.8, 4) is 5.88 Å². The van der Waals surface area contributed by atoms with Crippen LogP contribution in [0.15, 0.2) is 37.8 Å². The first-order valence-corrected chi connectivity index (χ1v) is 10.7. The molecule has 13 nitrogen and oxygen atoms in total. The van der Waals surface area contributed by atoms with Gasteiger partial charge in [-0.2, -0.15) is 9.41 Å². The summed E-state index contributed by atoms with van der Waals surface area (Å²) in [5, 5.41) is 24.6. The third kappa shape index (κ3) is 5.55. The molecule has 14 heteroatoms. The van der Waals surface area contributed by atoms with E-state index in [1.807, 2.05) is 16.9 Å². The zero-order valence-corrected chi connectivity index (χ0v) is 17.6. The van der Waals surface area contributed by atoms with Crippen molar-refractivity contribution in [2.24, 2.45) is 5.10 Å². The number of hydrazone groups is 1. The number of rotatable bonds is 10. The maximum atomic E-state index is 13.1. The normalized spacial score (nSPS) is 11.8. The van der Waals surface area contributed by atoms with Crippen LogP contribution >= 0.6 is 0 Å². The van der Waals surface area contributed by atoms with Crippen LogP contribution in [0.25, 0.3) is 0 Å². The van der Waals surface area contributed by atoms with Gasteiger partial charge in [-0.25, -0.2) is 13.2 Å². The number of aromatic amines is 2. The van der Waals surface area contributed by atoms with Gasteiger partial charge in [0, 0.05) is 25.2 Å². The Labute approximate surface area is 176 Å². The topological polar surface area (TPSA) is 191 Å². The van der Waals surface area contributed by atoms with Gasteiger partial charge in [-0.1, -0.05) is 20.3 Å². The van der Waals surface area contributed by atoms with Crippen LogP contribution in [0.5, 0.6) is 5.88 Å². The zero-order chi connectivity index (χ0) is 23.2. The van der Waals surface area contributed by atoms with E-state index in [0.29, 0.717) is 6.42 Å². The van der Waals surface area contributed by atoms with Crippen molar-refractivity contribution < 1.29 is 18.4 Å². The summed E-state index contributed by atoms with van der Waals surface area (Å²) in [7, 11) is -4.10. The van der Waals surface area contributed by atoms with Gasteiger partial charge in [0.2, 0.25) is 15.9 Å². The fourth-order valence-corrected chi connectivity index (χ4v) is 4.27. The zero-order valence-electron chi connectivity index (χ0n) is 16.8. The number of aromatic nitrogens is 2. The third-order valence-corrected chi connectivity index (χ3v) is 6.26. The van der Waals surface area contributed by atoms with Crippen LogP contribution in [0.2, 0.25) is 0 Å². The van der Waals surface area contributed by atoms with Crippen molar-refractivity contribution in [1.29, 1.82) is 0 Å². The number of anilines is 1. The fraction of sp³-hybridized carbons (Fsp3) is 0.353. The minimum absolute atomic E-state index is 0.0721. The number of nitro benzene ring substituents is 1. The molecular weight excluding hydrogens is 432 g/mol. The Kier molecular flexibility index (Phi) is 7.66. The van der Waals surface area contributed by atoms with Crippen LogP contribution in [0.1, 0.15) is 32.3 Å². The average Bonchev–Trinajstić information content (AvgIpc) is 2.70. The molecule has 0 aliphatic carbocycles. The Morgan fingerprint density at radius 3 is 2.58 bits per heavy atom. The summed E-state index contributed by atoms with van der Waals surface area (Å²) in [5.41, 5.74) is -0.279. The van der Waals surface area contributed by atoms with Gasteiger partial charge in [-0.05, 0) is 12.5 Å². The number of sulfonamides is 1. The molecule has 0 bridgehead atoms. The van der Waals surface area contributed by atoms with E-state index in [1.54, 1.807) is 6.92 Å². The SMILES string of the molecule is CCCCN(CC)S(=O)(=O)c1cc([N+](=O)[O-])ccc1NN=Cc1c(O)[nH]c(=O)[nH]c1=O. The van der Waals surface area contributed by atoms with Gasteiger partial charge in [0.15, 0.2) is 0 Å². The Morgan fingerprint density at radius 1 is 1.29 bits per heavy atom. The van der Waals surface area contributed by atoms with Gasteiger partial charge in [-0.15, -0.1) is 0 Å². The minimum Gasteiger partial charge on any atom is -0.494 e. The highest BCUT2D eigenvalue weighted by Crippen LogP contribution is 2.29. The summed E-state index contributed by atoms with van der Waals surface area (Å²) in [6, 6.07) is 3.20. The summed E-state index contributed by atoms with van der Waals surface area (Å²) >= 11 is 0. The predicted molar refractivity (Wildman–Crippen MR) is 113 cm³/mol. The van der Waals surface area contributed by atoms with Crippen molar-refractivity contribution in [3.05, 3.63) is 54.7 Å². The third-order valence-electron chi connectivity index (χ3n) is 4.25. The average molecular weight is 454 g/mol. The Hall–Kier alpha value is -3.52. The van der Waals surface area contributed by atoms with Gasteiger partial charge in [-0.3, -0.25) is 30.3 Å². The van der Waals surface area contributed by atoms with Gasteiger partial charge >= 0.3 is 5.69 Å².